The second-order valence-electron chi connectivity index (χ2n) is 7.69. The Morgan fingerprint density at radius 1 is 1.23 bits per heavy atom. The van der Waals surface area contributed by atoms with Gasteiger partial charge < -0.3 is 9.64 Å². The fourth-order valence-corrected chi connectivity index (χ4v) is 4.62. The van der Waals surface area contributed by atoms with E-state index < -0.39 is 0 Å². The van der Waals surface area contributed by atoms with Crippen LogP contribution < -0.4 is 4.74 Å². The van der Waals surface area contributed by atoms with Crippen LogP contribution in [0, 0.1) is 5.92 Å². The van der Waals surface area contributed by atoms with Crippen molar-refractivity contribution in [3.05, 3.63) is 48.8 Å². The zero-order chi connectivity index (χ0) is 21.6. The molecule has 1 atom stereocenters. The third-order valence-corrected chi connectivity index (χ3v) is 6.21. The van der Waals surface area contributed by atoms with Gasteiger partial charge in [-0.25, -0.2) is 0 Å². The number of carbonyl (C=O) groups excluding carboxylic acids is 1. The largest absolute Gasteiger partial charge is 0.494 e. The lowest BCUT2D eigenvalue weighted by molar-refractivity contribution is -0.130. The molecule has 1 aromatic carbocycles. The molecule has 0 spiro atoms. The van der Waals surface area contributed by atoms with Crippen LogP contribution in [0.2, 0.25) is 0 Å². The minimum Gasteiger partial charge on any atom is -0.494 e. The summed E-state index contributed by atoms with van der Waals surface area (Å²) in [6.07, 6.45) is 5.77. The first-order chi connectivity index (χ1) is 15.2. The first-order valence-corrected chi connectivity index (χ1v) is 11.6. The minimum absolute atomic E-state index is 0.153. The minimum atomic E-state index is 0.153. The summed E-state index contributed by atoms with van der Waals surface area (Å²) in [7, 11) is 0. The smallest absolute Gasteiger partial charge is 0.233 e. The van der Waals surface area contributed by atoms with Crippen molar-refractivity contribution in [1.29, 1.82) is 0 Å². The van der Waals surface area contributed by atoms with Gasteiger partial charge in [-0.1, -0.05) is 18.7 Å². The van der Waals surface area contributed by atoms with Crippen LogP contribution in [0.25, 0.3) is 17.1 Å². The van der Waals surface area contributed by atoms with E-state index in [-0.39, 0.29) is 5.91 Å². The van der Waals surface area contributed by atoms with Crippen molar-refractivity contribution in [2.45, 2.75) is 31.8 Å². The molecule has 1 amide bonds. The van der Waals surface area contributed by atoms with Crippen molar-refractivity contribution < 1.29 is 9.53 Å². The molecule has 1 aliphatic rings. The monoisotopic (exact) mass is 437 g/mol. The van der Waals surface area contributed by atoms with Gasteiger partial charge in [0.2, 0.25) is 5.91 Å². The van der Waals surface area contributed by atoms with Crippen LogP contribution in [-0.4, -0.2) is 56.0 Å². The molecule has 0 N–H and O–H groups in total. The second-order valence-corrected chi connectivity index (χ2v) is 8.63. The average molecular weight is 438 g/mol. The van der Waals surface area contributed by atoms with Crippen molar-refractivity contribution >= 4 is 17.7 Å². The van der Waals surface area contributed by atoms with Crippen LogP contribution in [0.1, 0.15) is 26.7 Å². The Bertz CT molecular complexity index is 1010. The highest BCUT2D eigenvalue weighted by atomic mass is 32.2. The van der Waals surface area contributed by atoms with Crippen molar-refractivity contribution in [2.24, 2.45) is 5.92 Å². The number of hydrogen-bond donors (Lipinski definition) is 0. The van der Waals surface area contributed by atoms with Crippen LogP contribution in [0.5, 0.6) is 5.75 Å². The van der Waals surface area contributed by atoms with Crippen LogP contribution in [-0.2, 0) is 4.79 Å². The molecular weight excluding hydrogens is 410 g/mol. The highest BCUT2D eigenvalue weighted by molar-refractivity contribution is 7.99. The number of rotatable bonds is 7. The van der Waals surface area contributed by atoms with Gasteiger partial charge in [0, 0.05) is 36.7 Å². The molecule has 0 aliphatic carbocycles. The van der Waals surface area contributed by atoms with Gasteiger partial charge in [-0.2, -0.15) is 0 Å². The second kappa shape index (κ2) is 9.96. The Kier molecular flexibility index (Phi) is 6.86. The first kappa shape index (κ1) is 21.4. The summed E-state index contributed by atoms with van der Waals surface area (Å²) in [6, 6.07) is 11.6. The number of piperidine rings is 1. The number of amides is 1. The van der Waals surface area contributed by atoms with E-state index in [9.17, 15) is 4.79 Å². The lowest BCUT2D eigenvalue weighted by atomic mass is 10.0. The maximum absolute atomic E-state index is 12.8. The molecule has 0 radical (unpaired) electrons. The number of pyridine rings is 1. The summed E-state index contributed by atoms with van der Waals surface area (Å²) in [5.41, 5.74) is 1.78. The van der Waals surface area contributed by atoms with E-state index in [4.69, 9.17) is 4.74 Å². The van der Waals surface area contributed by atoms with Crippen molar-refractivity contribution in [3.63, 3.8) is 0 Å². The number of ether oxygens (including phenoxy) is 1. The molecule has 1 fully saturated rings. The van der Waals surface area contributed by atoms with Crippen LogP contribution in [0.15, 0.2) is 53.9 Å². The number of carbonyl (C=O) groups is 1. The van der Waals surface area contributed by atoms with Gasteiger partial charge >= 0.3 is 0 Å². The Labute approximate surface area is 186 Å². The molecule has 1 saturated heterocycles. The van der Waals surface area contributed by atoms with E-state index in [1.807, 2.05) is 52.8 Å². The summed E-state index contributed by atoms with van der Waals surface area (Å²) < 4.78 is 7.55. The molecule has 31 heavy (non-hydrogen) atoms. The van der Waals surface area contributed by atoms with Gasteiger partial charge in [-0.3, -0.25) is 14.3 Å². The van der Waals surface area contributed by atoms with E-state index in [0.29, 0.717) is 29.3 Å². The number of nitrogens with zero attached hydrogens (tertiary/aromatic N) is 5. The summed E-state index contributed by atoms with van der Waals surface area (Å²) in [6.45, 7) is 6.46. The highest BCUT2D eigenvalue weighted by Crippen LogP contribution is 2.29. The molecule has 162 valence electrons. The molecule has 4 rings (SSSR count). The van der Waals surface area contributed by atoms with E-state index >= 15 is 0 Å². The fourth-order valence-electron chi connectivity index (χ4n) is 3.77. The van der Waals surface area contributed by atoms with E-state index in [0.717, 1.165) is 36.5 Å². The normalized spacial score (nSPS) is 16.3. The molecule has 0 bridgehead atoms. The first-order valence-electron chi connectivity index (χ1n) is 10.7. The predicted molar refractivity (Wildman–Crippen MR) is 121 cm³/mol. The number of benzene rings is 1. The molecule has 7 nitrogen and oxygen atoms in total. The SMILES string of the molecule is CCOc1ccc(-n2c(SCC(=O)N3CCC[C@@H](C)C3)nnc2-c2cccnc2)cc1. The molecule has 0 unspecified atom stereocenters. The highest BCUT2D eigenvalue weighted by Gasteiger charge is 2.23. The van der Waals surface area contributed by atoms with Crippen LogP contribution >= 0.6 is 11.8 Å². The van der Waals surface area contributed by atoms with E-state index in [2.05, 4.69) is 22.1 Å². The molecule has 3 aromatic rings. The summed E-state index contributed by atoms with van der Waals surface area (Å²) >= 11 is 1.42. The topological polar surface area (TPSA) is 73.1 Å². The number of aromatic nitrogens is 4. The number of hydrogen-bond acceptors (Lipinski definition) is 6. The van der Waals surface area contributed by atoms with Gasteiger partial charge in [0.25, 0.3) is 0 Å². The van der Waals surface area contributed by atoms with Crippen LogP contribution in [0.4, 0.5) is 0 Å². The van der Waals surface area contributed by atoms with Crippen molar-refractivity contribution in [3.8, 4) is 22.8 Å². The number of thioether (sulfide) groups is 1. The standard InChI is InChI=1S/C23H27N5O2S/c1-3-30-20-10-8-19(9-11-20)28-22(18-7-4-12-24-14-18)25-26-23(28)31-16-21(29)27-13-5-6-17(2)15-27/h4,7-12,14,17H,3,5-6,13,15-16H2,1-2H3/t17-/m1/s1. The van der Waals surface area contributed by atoms with Gasteiger partial charge in [-0.15, -0.1) is 10.2 Å². The summed E-state index contributed by atoms with van der Waals surface area (Å²) in [4.78, 5) is 19.0. The fraction of sp³-hybridized carbons (Fsp3) is 0.391. The lowest BCUT2D eigenvalue weighted by Gasteiger charge is -2.30. The Morgan fingerprint density at radius 3 is 2.77 bits per heavy atom. The van der Waals surface area contributed by atoms with Crippen molar-refractivity contribution in [2.75, 3.05) is 25.4 Å². The molecule has 8 heteroatoms. The van der Waals surface area contributed by atoms with E-state index in [1.165, 1.54) is 18.2 Å². The predicted octanol–water partition coefficient (Wildman–Crippen LogP) is 4.08. The van der Waals surface area contributed by atoms with Gasteiger partial charge in [-0.05, 0) is 62.1 Å². The van der Waals surface area contributed by atoms with Crippen LogP contribution in [0.3, 0.4) is 0 Å². The Hall–Kier alpha value is -2.87. The summed E-state index contributed by atoms with van der Waals surface area (Å²) in [5.74, 6) is 2.56. The number of likely N-dealkylation sites (tertiary alicyclic amines) is 1. The molecule has 3 heterocycles. The summed E-state index contributed by atoms with van der Waals surface area (Å²) in [5, 5.41) is 9.51. The maximum Gasteiger partial charge on any atom is 0.233 e. The average Bonchev–Trinajstić information content (AvgIpc) is 3.23. The molecule has 2 aromatic heterocycles. The van der Waals surface area contributed by atoms with Gasteiger partial charge in [0.15, 0.2) is 11.0 Å². The Balaban J connectivity index is 1.60. The lowest BCUT2D eigenvalue weighted by Crippen LogP contribution is -2.40. The molecule has 0 saturated carbocycles. The van der Waals surface area contributed by atoms with Gasteiger partial charge in [0.1, 0.15) is 5.75 Å². The van der Waals surface area contributed by atoms with Crippen molar-refractivity contribution in [1.82, 2.24) is 24.6 Å². The zero-order valence-electron chi connectivity index (χ0n) is 17.9. The van der Waals surface area contributed by atoms with E-state index in [1.54, 1.807) is 12.4 Å². The Morgan fingerprint density at radius 2 is 2.06 bits per heavy atom. The third kappa shape index (κ3) is 5.07. The van der Waals surface area contributed by atoms with Gasteiger partial charge in [0.05, 0.1) is 12.4 Å². The zero-order valence-corrected chi connectivity index (χ0v) is 18.7. The quantitative estimate of drug-likeness (QED) is 0.519. The maximum atomic E-state index is 12.8. The molecular formula is C23H27N5O2S. The third-order valence-electron chi connectivity index (χ3n) is 5.29. The molecule has 1 aliphatic heterocycles.